The summed E-state index contributed by atoms with van der Waals surface area (Å²) in [5.41, 5.74) is 0.226. The van der Waals surface area contributed by atoms with Gasteiger partial charge in [0.05, 0.1) is 11.6 Å². The molecule has 0 heterocycles. The molecule has 0 spiro atoms. The Labute approximate surface area is 155 Å². The Morgan fingerprint density at radius 1 is 1.12 bits per heavy atom. The number of rotatable bonds is 6. The van der Waals surface area contributed by atoms with E-state index in [1.54, 1.807) is 43.1 Å². The summed E-state index contributed by atoms with van der Waals surface area (Å²) in [7, 11) is 1.62. The van der Waals surface area contributed by atoms with Crippen molar-refractivity contribution in [2.24, 2.45) is 0 Å². The van der Waals surface area contributed by atoms with E-state index in [1.807, 2.05) is 6.07 Å². The molecule has 1 amide bonds. The lowest BCUT2D eigenvalue weighted by Crippen LogP contribution is -2.42. The molecule has 3 nitrogen and oxygen atoms in total. The standard InChI is InChI=1S/C19H20ClF3N2O/c1-13(18(26)24-11-14-7-4-6-10-17(14)20)25(2)12-15-8-3-5-9-16(15)19(21,22)23/h3-10,13H,11-12H2,1-2H3,(H,24,26). The van der Waals surface area contributed by atoms with Gasteiger partial charge in [0.15, 0.2) is 0 Å². The fourth-order valence-corrected chi connectivity index (χ4v) is 2.71. The number of benzene rings is 2. The number of halogens is 4. The zero-order valence-corrected chi connectivity index (χ0v) is 15.2. The number of hydrogen-bond acceptors (Lipinski definition) is 2. The van der Waals surface area contributed by atoms with Crippen molar-refractivity contribution in [1.82, 2.24) is 10.2 Å². The zero-order valence-electron chi connectivity index (χ0n) is 14.5. The van der Waals surface area contributed by atoms with Crippen molar-refractivity contribution in [3.63, 3.8) is 0 Å². The molecule has 2 aromatic carbocycles. The Morgan fingerprint density at radius 3 is 2.31 bits per heavy atom. The second-order valence-electron chi connectivity index (χ2n) is 6.06. The average Bonchev–Trinajstić information content (AvgIpc) is 2.59. The van der Waals surface area contributed by atoms with Crippen molar-refractivity contribution in [3.05, 3.63) is 70.2 Å². The topological polar surface area (TPSA) is 32.3 Å². The maximum Gasteiger partial charge on any atom is 0.416 e. The van der Waals surface area contributed by atoms with Gasteiger partial charge in [0.2, 0.25) is 5.91 Å². The molecule has 2 rings (SSSR count). The van der Waals surface area contributed by atoms with Gasteiger partial charge in [0.25, 0.3) is 0 Å². The maximum absolute atomic E-state index is 13.1. The number of carbonyl (C=O) groups excluding carboxylic acids is 1. The minimum absolute atomic E-state index is 0.0103. The third kappa shape index (κ3) is 5.22. The summed E-state index contributed by atoms with van der Waals surface area (Å²) in [6, 6.07) is 11.9. The van der Waals surface area contributed by atoms with Crippen molar-refractivity contribution in [2.45, 2.75) is 32.2 Å². The van der Waals surface area contributed by atoms with Gasteiger partial charge in [-0.3, -0.25) is 9.69 Å². The van der Waals surface area contributed by atoms with Gasteiger partial charge >= 0.3 is 6.18 Å². The van der Waals surface area contributed by atoms with Crippen molar-refractivity contribution < 1.29 is 18.0 Å². The van der Waals surface area contributed by atoms with Crippen LogP contribution in [-0.4, -0.2) is 23.9 Å². The van der Waals surface area contributed by atoms with Crippen LogP contribution in [0.25, 0.3) is 0 Å². The molecule has 2 aromatic rings. The summed E-state index contributed by atoms with van der Waals surface area (Å²) in [5, 5.41) is 3.31. The monoisotopic (exact) mass is 384 g/mol. The van der Waals surface area contributed by atoms with Gasteiger partial charge in [-0.1, -0.05) is 48.0 Å². The van der Waals surface area contributed by atoms with Crippen molar-refractivity contribution in [1.29, 1.82) is 0 Å². The third-order valence-electron chi connectivity index (χ3n) is 4.19. The molecule has 1 N–H and O–H groups in total. The lowest BCUT2D eigenvalue weighted by Gasteiger charge is -2.25. The number of nitrogens with zero attached hydrogens (tertiary/aromatic N) is 1. The number of carbonyl (C=O) groups is 1. The molecule has 0 aliphatic carbocycles. The first-order chi connectivity index (χ1) is 12.2. The van der Waals surface area contributed by atoms with E-state index in [-0.39, 0.29) is 24.6 Å². The molecular weight excluding hydrogens is 365 g/mol. The molecule has 0 aliphatic rings. The number of hydrogen-bond donors (Lipinski definition) is 1. The highest BCUT2D eigenvalue weighted by molar-refractivity contribution is 6.31. The van der Waals surface area contributed by atoms with Crippen molar-refractivity contribution in [3.8, 4) is 0 Å². The second kappa shape index (κ2) is 8.56. The maximum atomic E-state index is 13.1. The largest absolute Gasteiger partial charge is 0.416 e. The van der Waals surface area contributed by atoms with Gasteiger partial charge in [0, 0.05) is 18.1 Å². The van der Waals surface area contributed by atoms with Crippen molar-refractivity contribution >= 4 is 17.5 Å². The fourth-order valence-electron chi connectivity index (χ4n) is 2.51. The average molecular weight is 385 g/mol. The lowest BCUT2D eigenvalue weighted by molar-refractivity contribution is -0.138. The molecule has 1 atom stereocenters. The SMILES string of the molecule is CC(C(=O)NCc1ccccc1Cl)N(C)Cc1ccccc1C(F)(F)F. The Bertz CT molecular complexity index is 764. The number of alkyl halides is 3. The second-order valence-corrected chi connectivity index (χ2v) is 6.46. The zero-order chi connectivity index (χ0) is 19.3. The first kappa shape index (κ1) is 20.3. The van der Waals surface area contributed by atoms with E-state index in [1.165, 1.54) is 12.1 Å². The molecule has 26 heavy (non-hydrogen) atoms. The van der Waals surface area contributed by atoms with Gasteiger partial charge < -0.3 is 5.32 Å². The summed E-state index contributed by atoms with van der Waals surface area (Å²) in [5.74, 6) is -0.281. The summed E-state index contributed by atoms with van der Waals surface area (Å²) >= 11 is 6.05. The molecule has 0 saturated heterocycles. The van der Waals surface area contributed by atoms with E-state index in [0.29, 0.717) is 5.02 Å². The van der Waals surface area contributed by atoms with E-state index in [9.17, 15) is 18.0 Å². The van der Waals surface area contributed by atoms with E-state index in [2.05, 4.69) is 5.32 Å². The smallest absolute Gasteiger partial charge is 0.351 e. The van der Waals surface area contributed by atoms with Crippen LogP contribution in [0.15, 0.2) is 48.5 Å². The van der Waals surface area contributed by atoms with Crippen LogP contribution in [0.1, 0.15) is 23.6 Å². The molecule has 0 radical (unpaired) electrons. The Hall–Kier alpha value is -2.05. The van der Waals surface area contributed by atoms with Crippen LogP contribution in [0, 0.1) is 0 Å². The summed E-state index contributed by atoms with van der Waals surface area (Å²) in [4.78, 5) is 13.9. The highest BCUT2D eigenvalue weighted by Gasteiger charge is 2.33. The molecule has 0 saturated carbocycles. The van der Waals surface area contributed by atoms with Crippen LogP contribution in [0.5, 0.6) is 0 Å². The molecule has 7 heteroatoms. The molecule has 0 fully saturated rings. The Balaban J connectivity index is 2.00. The van der Waals surface area contributed by atoms with E-state index >= 15 is 0 Å². The van der Waals surface area contributed by atoms with E-state index < -0.39 is 17.8 Å². The summed E-state index contributed by atoms with van der Waals surface area (Å²) in [6.07, 6.45) is -4.42. The predicted molar refractivity (Wildman–Crippen MR) is 95.7 cm³/mol. The van der Waals surface area contributed by atoms with Gasteiger partial charge in [-0.05, 0) is 37.2 Å². The normalized spacial score (nSPS) is 12.9. The minimum atomic E-state index is -4.42. The number of amides is 1. The predicted octanol–water partition coefficient (Wildman–Crippen LogP) is 4.50. The van der Waals surface area contributed by atoms with Crippen LogP contribution in [0.4, 0.5) is 13.2 Å². The highest BCUT2D eigenvalue weighted by atomic mass is 35.5. The number of likely N-dealkylation sites (N-methyl/N-ethyl adjacent to an activating group) is 1. The van der Waals surface area contributed by atoms with Gasteiger partial charge in [0.1, 0.15) is 0 Å². The summed E-state index contributed by atoms with van der Waals surface area (Å²) < 4.78 is 39.3. The quantitative estimate of drug-likeness (QED) is 0.795. The first-order valence-corrected chi connectivity index (χ1v) is 8.44. The molecular formula is C19H20ClF3N2O. The van der Waals surface area contributed by atoms with Crippen LogP contribution >= 0.6 is 11.6 Å². The lowest BCUT2D eigenvalue weighted by atomic mass is 10.1. The van der Waals surface area contributed by atoms with Crippen LogP contribution in [0.3, 0.4) is 0 Å². The first-order valence-electron chi connectivity index (χ1n) is 8.06. The van der Waals surface area contributed by atoms with Crippen LogP contribution in [-0.2, 0) is 24.1 Å². The number of nitrogens with one attached hydrogen (secondary N) is 1. The van der Waals surface area contributed by atoms with Crippen LogP contribution < -0.4 is 5.32 Å². The fraction of sp³-hybridized carbons (Fsp3) is 0.316. The molecule has 1 unspecified atom stereocenters. The minimum Gasteiger partial charge on any atom is -0.351 e. The molecule has 0 aliphatic heterocycles. The molecule has 0 bridgehead atoms. The molecule has 0 aromatic heterocycles. The molecule has 140 valence electrons. The highest BCUT2D eigenvalue weighted by Crippen LogP contribution is 2.32. The van der Waals surface area contributed by atoms with Gasteiger partial charge in [-0.2, -0.15) is 13.2 Å². The van der Waals surface area contributed by atoms with Gasteiger partial charge in [-0.25, -0.2) is 0 Å². The Kier molecular flexibility index (Phi) is 6.67. The van der Waals surface area contributed by atoms with E-state index in [0.717, 1.165) is 11.6 Å². The van der Waals surface area contributed by atoms with Crippen LogP contribution in [0.2, 0.25) is 5.02 Å². The summed E-state index contributed by atoms with van der Waals surface area (Å²) in [6.45, 7) is 1.92. The third-order valence-corrected chi connectivity index (χ3v) is 4.56. The Morgan fingerprint density at radius 2 is 1.69 bits per heavy atom. The van der Waals surface area contributed by atoms with Gasteiger partial charge in [-0.15, -0.1) is 0 Å². The van der Waals surface area contributed by atoms with Crippen molar-refractivity contribution in [2.75, 3.05) is 7.05 Å². The van der Waals surface area contributed by atoms with E-state index in [4.69, 9.17) is 11.6 Å².